The Kier molecular flexibility index (Phi) is 4.76. The van der Waals surface area contributed by atoms with E-state index in [0.29, 0.717) is 36.5 Å². The van der Waals surface area contributed by atoms with Crippen LogP contribution in [0.3, 0.4) is 0 Å². The number of benzene rings is 1. The molecule has 2 amide bonds. The van der Waals surface area contributed by atoms with Crippen molar-refractivity contribution in [3.05, 3.63) is 41.5 Å². The minimum Gasteiger partial charge on any atom is -0.465 e. The summed E-state index contributed by atoms with van der Waals surface area (Å²) in [6, 6.07) is 6.56. The van der Waals surface area contributed by atoms with E-state index in [-0.39, 0.29) is 17.7 Å². The first-order valence-corrected chi connectivity index (χ1v) is 7.94. The molecule has 0 radical (unpaired) electrons. The number of methoxy groups -OCH3 is 1. The predicted octanol–water partition coefficient (Wildman–Crippen LogP) is 1.65. The van der Waals surface area contributed by atoms with Gasteiger partial charge in [0.2, 0.25) is 0 Å². The van der Waals surface area contributed by atoms with Crippen LogP contribution in [0.4, 0.5) is 0 Å². The number of esters is 1. The minimum absolute atomic E-state index is 0.279. The lowest BCUT2D eigenvalue weighted by Crippen LogP contribution is -2.37. The molecule has 1 aromatic rings. The van der Waals surface area contributed by atoms with Gasteiger partial charge in [-0.05, 0) is 36.5 Å². The van der Waals surface area contributed by atoms with Gasteiger partial charge in [0, 0.05) is 25.8 Å². The van der Waals surface area contributed by atoms with E-state index in [1.807, 2.05) is 0 Å². The Hall–Kier alpha value is -2.47. The molecule has 3 rings (SSSR count). The summed E-state index contributed by atoms with van der Waals surface area (Å²) in [7, 11) is 1.30. The zero-order chi connectivity index (χ0) is 17.1. The highest BCUT2D eigenvalue weighted by atomic mass is 16.5. The van der Waals surface area contributed by atoms with E-state index < -0.39 is 5.97 Å². The van der Waals surface area contributed by atoms with Gasteiger partial charge in [-0.2, -0.15) is 0 Å². The fourth-order valence-corrected chi connectivity index (χ4v) is 3.01. The summed E-state index contributed by atoms with van der Waals surface area (Å²) < 4.78 is 10.0. The summed E-state index contributed by atoms with van der Waals surface area (Å²) in [4.78, 5) is 37.8. The molecule has 0 atom stereocenters. The second kappa shape index (κ2) is 6.97. The maximum Gasteiger partial charge on any atom is 0.337 e. The van der Waals surface area contributed by atoms with Crippen LogP contribution >= 0.6 is 0 Å². The monoisotopic (exact) mass is 329 g/mol. The fraction of sp³-hybridized carbons (Fsp3) is 0.389. The molecule has 2 aliphatic rings. The van der Waals surface area contributed by atoms with Crippen molar-refractivity contribution in [2.45, 2.75) is 12.8 Å². The molecule has 6 heteroatoms. The van der Waals surface area contributed by atoms with Crippen molar-refractivity contribution in [3.63, 3.8) is 0 Å². The van der Waals surface area contributed by atoms with Crippen LogP contribution < -0.4 is 0 Å². The molecule has 6 nitrogen and oxygen atoms in total. The number of nitrogens with zero attached hydrogens (tertiary/aromatic N) is 1. The number of carbonyl (C=O) groups is 3. The number of ether oxygens (including phenoxy) is 2. The largest absolute Gasteiger partial charge is 0.465 e. The lowest BCUT2D eigenvalue weighted by molar-refractivity contribution is -0.137. The van der Waals surface area contributed by atoms with Crippen LogP contribution in [0, 0.1) is 5.92 Å². The van der Waals surface area contributed by atoms with E-state index in [9.17, 15) is 14.4 Å². The Morgan fingerprint density at radius 3 is 2.75 bits per heavy atom. The van der Waals surface area contributed by atoms with Crippen molar-refractivity contribution in [1.29, 1.82) is 0 Å². The molecule has 1 fully saturated rings. The molecule has 0 aliphatic carbocycles. The standard InChI is InChI=1S/C18H19NO5/c1-23-18(22)14-4-2-3-13(9-14)15-10-16(20)19(17(15)21)11-12-5-7-24-8-6-12/h2-4,9-10,12H,5-8,11H2,1H3. The van der Waals surface area contributed by atoms with E-state index >= 15 is 0 Å². The number of imide groups is 1. The Labute approximate surface area is 140 Å². The first-order chi connectivity index (χ1) is 11.6. The molecule has 0 spiro atoms. The van der Waals surface area contributed by atoms with Crippen LogP contribution in [0.2, 0.25) is 0 Å². The van der Waals surface area contributed by atoms with E-state index in [2.05, 4.69) is 0 Å². The summed E-state index contributed by atoms with van der Waals surface area (Å²) in [6.07, 6.45) is 3.05. The van der Waals surface area contributed by atoms with Gasteiger partial charge in [-0.1, -0.05) is 12.1 Å². The van der Waals surface area contributed by atoms with Crippen molar-refractivity contribution in [2.24, 2.45) is 5.92 Å². The SMILES string of the molecule is COC(=O)c1cccc(C2=CC(=O)N(CC3CCOCC3)C2=O)c1. The summed E-state index contributed by atoms with van der Waals surface area (Å²) in [5.74, 6) is -0.812. The molecule has 0 aromatic heterocycles. The molecule has 2 aliphatic heterocycles. The molecule has 24 heavy (non-hydrogen) atoms. The highest BCUT2D eigenvalue weighted by molar-refractivity contribution is 6.33. The molecule has 0 unspecified atom stereocenters. The molecular formula is C18H19NO5. The molecule has 0 N–H and O–H groups in total. The summed E-state index contributed by atoms with van der Waals surface area (Å²) >= 11 is 0. The fourth-order valence-electron chi connectivity index (χ4n) is 3.01. The Bertz CT molecular complexity index is 703. The van der Waals surface area contributed by atoms with Gasteiger partial charge in [0.1, 0.15) is 0 Å². The quantitative estimate of drug-likeness (QED) is 0.620. The lowest BCUT2D eigenvalue weighted by Gasteiger charge is -2.26. The number of hydrogen-bond donors (Lipinski definition) is 0. The zero-order valence-electron chi connectivity index (χ0n) is 13.5. The summed E-state index contributed by atoms with van der Waals surface area (Å²) in [5.41, 5.74) is 1.21. The third-order valence-electron chi connectivity index (χ3n) is 4.39. The van der Waals surface area contributed by atoms with Gasteiger partial charge in [0.05, 0.1) is 18.2 Å². The topological polar surface area (TPSA) is 72.9 Å². The van der Waals surface area contributed by atoms with E-state index in [1.165, 1.54) is 18.1 Å². The molecule has 1 saturated heterocycles. The maximum absolute atomic E-state index is 12.6. The van der Waals surface area contributed by atoms with Crippen LogP contribution in [0.25, 0.3) is 5.57 Å². The van der Waals surface area contributed by atoms with Gasteiger partial charge in [-0.15, -0.1) is 0 Å². The van der Waals surface area contributed by atoms with Crippen molar-refractivity contribution in [2.75, 3.05) is 26.9 Å². The zero-order valence-corrected chi connectivity index (χ0v) is 13.5. The Morgan fingerprint density at radius 1 is 1.29 bits per heavy atom. The normalized spacial score (nSPS) is 18.7. The van der Waals surface area contributed by atoms with Crippen LogP contribution in [-0.4, -0.2) is 49.6 Å². The van der Waals surface area contributed by atoms with Gasteiger partial charge in [0.25, 0.3) is 11.8 Å². The van der Waals surface area contributed by atoms with E-state index in [1.54, 1.807) is 24.3 Å². The average molecular weight is 329 g/mol. The van der Waals surface area contributed by atoms with Crippen LogP contribution in [-0.2, 0) is 19.1 Å². The summed E-state index contributed by atoms with van der Waals surface area (Å²) in [6.45, 7) is 1.75. The molecule has 1 aromatic carbocycles. The second-order valence-electron chi connectivity index (χ2n) is 5.94. The van der Waals surface area contributed by atoms with Crippen molar-refractivity contribution in [1.82, 2.24) is 4.90 Å². The van der Waals surface area contributed by atoms with E-state index in [4.69, 9.17) is 9.47 Å². The molecule has 0 bridgehead atoms. The van der Waals surface area contributed by atoms with Crippen molar-refractivity contribution < 1.29 is 23.9 Å². The first kappa shape index (κ1) is 16.4. The smallest absolute Gasteiger partial charge is 0.337 e. The minimum atomic E-state index is -0.478. The number of hydrogen-bond acceptors (Lipinski definition) is 5. The van der Waals surface area contributed by atoms with Crippen molar-refractivity contribution >= 4 is 23.4 Å². The van der Waals surface area contributed by atoms with Gasteiger partial charge in [-0.3, -0.25) is 14.5 Å². The maximum atomic E-state index is 12.6. The average Bonchev–Trinajstić information content (AvgIpc) is 2.90. The van der Waals surface area contributed by atoms with Gasteiger partial charge >= 0.3 is 5.97 Å². The Balaban J connectivity index is 1.77. The highest BCUT2D eigenvalue weighted by Crippen LogP contribution is 2.27. The Morgan fingerprint density at radius 2 is 2.04 bits per heavy atom. The van der Waals surface area contributed by atoms with Crippen molar-refractivity contribution in [3.8, 4) is 0 Å². The predicted molar refractivity (Wildman–Crippen MR) is 86.0 cm³/mol. The van der Waals surface area contributed by atoms with Gasteiger partial charge in [-0.25, -0.2) is 4.79 Å². The number of amides is 2. The van der Waals surface area contributed by atoms with Crippen LogP contribution in [0.1, 0.15) is 28.8 Å². The summed E-state index contributed by atoms with van der Waals surface area (Å²) in [5, 5.41) is 0. The molecule has 2 heterocycles. The number of carbonyl (C=O) groups excluding carboxylic acids is 3. The third-order valence-corrected chi connectivity index (χ3v) is 4.39. The van der Waals surface area contributed by atoms with Crippen LogP contribution in [0.15, 0.2) is 30.3 Å². The van der Waals surface area contributed by atoms with E-state index in [0.717, 1.165) is 12.8 Å². The lowest BCUT2D eigenvalue weighted by atomic mass is 9.99. The second-order valence-corrected chi connectivity index (χ2v) is 5.94. The van der Waals surface area contributed by atoms with Gasteiger partial charge in [0.15, 0.2) is 0 Å². The first-order valence-electron chi connectivity index (χ1n) is 7.94. The highest BCUT2D eigenvalue weighted by Gasteiger charge is 2.33. The molecular weight excluding hydrogens is 310 g/mol. The molecule has 0 saturated carbocycles. The number of rotatable bonds is 4. The molecule has 126 valence electrons. The third kappa shape index (κ3) is 3.23. The van der Waals surface area contributed by atoms with Gasteiger partial charge < -0.3 is 9.47 Å². The van der Waals surface area contributed by atoms with Crippen LogP contribution in [0.5, 0.6) is 0 Å².